The van der Waals surface area contributed by atoms with Crippen LogP contribution in [0, 0.1) is 0 Å². The Kier molecular flexibility index (Phi) is 4.57. The maximum atomic E-state index is 11.8. The van der Waals surface area contributed by atoms with E-state index in [9.17, 15) is 19.1 Å². The van der Waals surface area contributed by atoms with Crippen LogP contribution in [0.4, 0.5) is 0 Å². The number of aliphatic carboxylic acids is 1. The summed E-state index contributed by atoms with van der Waals surface area (Å²) in [5.74, 6) is -2.13. The molecule has 0 aromatic heterocycles. The number of rotatable bonds is 4. The lowest BCUT2D eigenvalue weighted by molar-refractivity contribution is -0.140. The molecule has 1 fully saturated rings. The van der Waals surface area contributed by atoms with Gasteiger partial charge in [-0.3, -0.25) is 14.3 Å². The number of carboxylic acid groups (broad SMARTS) is 1. The number of hydrogen-bond acceptors (Lipinski definition) is 4. The van der Waals surface area contributed by atoms with Gasteiger partial charge in [-0.15, -0.1) is 0 Å². The van der Waals surface area contributed by atoms with Crippen molar-refractivity contribution < 1.29 is 24.3 Å². The molecule has 7 nitrogen and oxygen atoms in total. The van der Waals surface area contributed by atoms with Gasteiger partial charge in [0.2, 0.25) is 0 Å². The van der Waals surface area contributed by atoms with Crippen LogP contribution in [0.25, 0.3) is 0 Å². The average Bonchev–Trinajstić information content (AvgIpc) is 2.39. The van der Waals surface area contributed by atoms with Gasteiger partial charge >= 0.3 is 13.6 Å². The van der Waals surface area contributed by atoms with Gasteiger partial charge in [0.25, 0.3) is 0 Å². The van der Waals surface area contributed by atoms with Crippen molar-refractivity contribution in [2.24, 2.45) is 0 Å². The van der Waals surface area contributed by atoms with Gasteiger partial charge < -0.3 is 20.2 Å². The molecule has 0 amide bonds. The first-order valence-corrected chi connectivity index (χ1v) is 7.88. The molecule has 1 saturated heterocycles. The Morgan fingerprint density at radius 3 is 2.55 bits per heavy atom. The number of nitrogens with one attached hydrogen (secondary N) is 1. The van der Waals surface area contributed by atoms with Crippen LogP contribution in [0.2, 0.25) is 0 Å². The van der Waals surface area contributed by atoms with Gasteiger partial charge in [0.15, 0.2) is 0 Å². The minimum Gasteiger partial charge on any atom is -0.480 e. The fourth-order valence-corrected chi connectivity index (χ4v) is 3.60. The van der Waals surface area contributed by atoms with Crippen molar-refractivity contribution >= 4 is 13.6 Å². The predicted molar refractivity (Wildman–Crippen MR) is 72.2 cm³/mol. The zero-order valence-electron chi connectivity index (χ0n) is 10.7. The van der Waals surface area contributed by atoms with Crippen LogP contribution in [0.5, 0.6) is 0 Å². The third-order valence-corrected chi connectivity index (χ3v) is 4.53. The van der Waals surface area contributed by atoms with E-state index in [0.717, 1.165) is 0 Å². The Morgan fingerprint density at radius 1 is 1.35 bits per heavy atom. The van der Waals surface area contributed by atoms with Crippen LogP contribution < -0.4 is 5.32 Å². The van der Waals surface area contributed by atoms with Crippen molar-refractivity contribution in [3.63, 3.8) is 0 Å². The fraction of sp³-hybridized carbons (Fsp3) is 0.417. The first kappa shape index (κ1) is 15.2. The summed E-state index contributed by atoms with van der Waals surface area (Å²) in [6.45, 7) is 0.814. The maximum Gasteiger partial charge on any atom is 0.347 e. The predicted octanol–water partition coefficient (Wildman–Crippen LogP) is 0.221. The Hall–Kier alpha value is -1.24. The quantitative estimate of drug-likeness (QED) is 0.589. The Labute approximate surface area is 116 Å². The molecule has 1 aliphatic heterocycles. The van der Waals surface area contributed by atoms with Gasteiger partial charge in [-0.1, -0.05) is 30.3 Å². The van der Waals surface area contributed by atoms with Crippen molar-refractivity contribution in [3.8, 4) is 0 Å². The van der Waals surface area contributed by atoms with Crippen LogP contribution in [0.15, 0.2) is 30.3 Å². The molecule has 1 aliphatic rings. The Balaban J connectivity index is 2.28. The third kappa shape index (κ3) is 3.45. The van der Waals surface area contributed by atoms with Crippen LogP contribution in [0.1, 0.15) is 11.3 Å². The number of hydrogen-bond donors (Lipinski definition) is 4. The number of carbonyl (C=O) groups is 1. The summed E-state index contributed by atoms with van der Waals surface area (Å²) in [5.41, 5.74) is 0.492. The average molecular weight is 300 g/mol. The molecule has 0 spiro atoms. The summed E-state index contributed by atoms with van der Waals surface area (Å²) in [5, 5.41) is 11.8. The summed E-state index contributed by atoms with van der Waals surface area (Å²) in [4.78, 5) is 31.8. The highest BCUT2D eigenvalue weighted by molar-refractivity contribution is 7.52. The number of carboxylic acids is 1. The van der Waals surface area contributed by atoms with Crippen molar-refractivity contribution in [1.82, 2.24) is 10.2 Å². The van der Waals surface area contributed by atoms with Gasteiger partial charge in [0, 0.05) is 19.6 Å². The standard InChI is InChI=1S/C12H17N2O5P/c15-12(16)10-8-14(7-6-13-10)11(20(17,18)19)9-4-2-1-3-5-9/h1-5,10-11,13H,6-8H2,(H,15,16)(H2,17,18,19)/t10?,11-/m1/s1. The minimum absolute atomic E-state index is 0.0556. The molecule has 20 heavy (non-hydrogen) atoms. The summed E-state index contributed by atoms with van der Waals surface area (Å²) in [6, 6.07) is 7.63. The summed E-state index contributed by atoms with van der Waals surface area (Å²) >= 11 is 0. The lowest BCUT2D eigenvalue weighted by Gasteiger charge is -2.37. The first-order chi connectivity index (χ1) is 9.39. The van der Waals surface area contributed by atoms with E-state index in [-0.39, 0.29) is 6.54 Å². The largest absolute Gasteiger partial charge is 0.480 e. The van der Waals surface area contributed by atoms with Crippen LogP contribution in [0.3, 0.4) is 0 Å². The van der Waals surface area contributed by atoms with E-state index in [1.165, 1.54) is 4.90 Å². The SMILES string of the molecule is O=C(O)C1CN([C@@H](c2ccccc2)P(=O)(O)O)CCN1. The summed E-state index contributed by atoms with van der Waals surface area (Å²) < 4.78 is 11.8. The summed E-state index contributed by atoms with van der Waals surface area (Å²) in [6.07, 6.45) is 0. The highest BCUT2D eigenvalue weighted by Gasteiger charge is 2.39. The first-order valence-electron chi connectivity index (χ1n) is 6.20. The van der Waals surface area contributed by atoms with Gasteiger partial charge in [-0.25, -0.2) is 0 Å². The van der Waals surface area contributed by atoms with Crippen LogP contribution in [-0.2, 0) is 9.36 Å². The van der Waals surface area contributed by atoms with Crippen molar-refractivity contribution in [3.05, 3.63) is 35.9 Å². The molecule has 4 N–H and O–H groups in total. The van der Waals surface area contributed by atoms with Crippen molar-refractivity contribution in [1.29, 1.82) is 0 Å². The van der Waals surface area contributed by atoms with Gasteiger partial charge in [-0.05, 0) is 5.56 Å². The van der Waals surface area contributed by atoms with Crippen molar-refractivity contribution in [2.45, 2.75) is 11.8 Å². The molecule has 0 bridgehead atoms. The molecule has 8 heteroatoms. The van der Waals surface area contributed by atoms with E-state index in [1.54, 1.807) is 30.3 Å². The zero-order chi connectivity index (χ0) is 14.8. The smallest absolute Gasteiger partial charge is 0.347 e. The number of piperazine rings is 1. The Morgan fingerprint density at radius 2 is 2.00 bits per heavy atom. The second-order valence-corrected chi connectivity index (χ2v) is 6.38. The molecule has 0 radical (unpaired) electrons. The van der Waals surface area contributed by atoms with E-state index >= 15 is 0 Å². The van der Waals surface area contributed by atoms with Gasteiger partial charge in [0.05, 0.1) is 0 Å². The molecule has 0 saturated carbocycles. The normalized spacial score (nSPS) is 22.4. The molecular weight excluding hydrogens is 283 g/mol. The molecule has 0 aliphatic carbocycles. The molecular formula is C12H17N2O5P. The topological polar surface area (TPSA) is 110 Å². The molecule has 110 valence electrons. The van der Waals surface area contributed by atoms with E-state index in [1.807, 2.05) is 0 Å². The lowest BCUT2D eigenvalue weighted by atomic mass is 10.1. The molecule has 2 rings (SSSR count). The molecule has 1 heterocycles. The van der Waals surface area contributed by atoms with E-state index < -0.39 is 25.4 Å². The zero-order valence-corrected chi connectivity index (χ0v) is 11.6. The number of benzene rings is 1. The van der Waals surface area contributed by atoms with Gasteiger partial charge in [0.1, 0.15) is 11.8 Å². The van der Waals surface area contributed by atoms with E-state index in [2.05, 4.69) is 5.32 Å². The number of nitrogens with zero attached hydrogens (tertiary/aromatic N) is 1. The molecule has 1 aromatic rings. The third-order valence-electron chi connectivity index (χ3n) is 3.27. The van der Waals surface area contributed by atoms with Crippen LogP contribution >= 0.6 is 7.60 Å². The summed E-state index contributed by atoms with van der Waals surface area (Å²) in [7, 11) is -4.42. The molecule has 1 unspecified atom stereocenters. The second-order valence-electron chi connectivity index (χ2n) is 4.71. The maximum absolute atomic E-state index is 11.8. The van der Waals surface area contributed by atoms with Crippen molar-refractivity contribution in [2.75, 3.05) is 19.6 Å². The van der Waals surface area contributed by atoms with E-state index in [4.69, 9.17) is 5.11 Å². The monoisotopic (exact) mass is 300 g/mol. The van der Waals surface area contributed by atoms with Crippen LogP contribution in [-0.4, -0.2) is 51.4 Å². The van der Waals surface area contributed by atoms with Gasteiger partial charge in [-0.2, -0.15) is 0 Å². The van der Waals surface area contributed by atoms with E-state index in [0.29, 0.717) is 18.7 Å². The Bertz CT molecular complexity index is 518. The molecule has 1 aromatic carbocycles. The highest BCUT2D eigenvalue weighted by atomic mass is 31.2. The fourth-order valence-electron chi connectivity index (χ4n) is 2.40. The minimum atomic E-state index is -4.42. The lowest BCUT2D eigenvalue weighted by Crippen LogP contribution is -2.54. The highest BCUT2D eigenvalue weighted by Crippen LogP contribution is 2.53. The second kappa shape index (κ2) is 6.03. The molecule has 2 atom stereocenters.